The Morgan fingerprint density at radius 2 is 1.83 bits per heavy atom. The molecular weight excluding hydrogens is 392 g/mol. The minimum absolute atomic E-state index is 0.0378. The van der Waals surface area contributed by atoms with E-state index in [1.165, 1.54) is 19.2 Å². The molecular formula is C20H14N4O4S. The van der Waals surface area contributed by atoms with Crippen molar-refractivity contribution in [2.24, 2.45) is 0 Å². The van der Waals surface area contributed by atoms with Crippen LogP contribution in [0.25, 0.3) is 21.3 Å². The van der Waals surface area contributed by atoms with E-state index in [9.17, 15) is 14.9 Å². The van der Waals surface area contributed by atoms with Crippen molar-refractivity contribution in [3.05, 3.63) is 76.3 Å². The van der Waals surface area contributed by atoms with Crippen molar-refractivity contribution < 1.29 is 14.5 Å². The zero-order valence-electron chi connectivity index (χ0n) is 15.2. The first kappa shape index (κ1) is 18.5. The third-order valence-corrected chi connectivity index (χ3v) is 5.15. The summed E-state index contributed by atoms with van der Waals surface area (Å²) in [5, 5.41) is 24.3. The third-order valence-electron chi connectivity index (χ3n) is 4.26. The second-order valence-electron chi connectivity index (χ2n) is 6.07. The largest absolute Gasteiger partial charge is 0.496 e. The molecule has 144 valence electrons. The van der Waals surface area contributed by atoms with Crippen LogP contribution < -0.4 is 10.1 Å². The fourth-order valence-corrected chi connectivity index (χ4v) is 3.61. The van der Waals surface area contributed by atoms with Crippen LogP contribution in [0.2, 0.25) is 0 Å². The van der Waals surface area contributed by atoms with Gasteiger partial charge in [-0.05, 0) is 22.9 Å². The molecule has 1 amide bonds. The summed E-state index contributed by atoms with van der Waals surface area (Å²) in [6.07, 6.45) is 0. The van der Waals surface area contributed by atoms with E-state index in [0.717, 1.165) is 22.1 Å². The molecule has 0 spiro atoms. The highest BCUT2D eigenvalue weighted by molar-refractivity contribution is 7.18. The maximum atomic E-state index is 12.8. The van der Waals surface area contributed by atoms with Crippen LogP contribution in [0.3, 0.4) is 0 Å². The van der Waals surface area contributed by atoms with Gasteiger partial charge in [0.1, 0.15) is 10.8 Å². The molecule has 4 aromatic rings. The summed E-state index contributed by atoms with van der Waals surface area (Å²) in [5.74, 6) is 0.0685. The number of nitro groups is 1. The number of aromatic nitrogens is 2. The number of hydrogen-bond acceptors (Lipinski definition) is 7. The number of nitrogens with zero attached hydrogens (tertiary/aromatic N) is 3. The van der Waals surface area contributed by atoms with E-state index in [2.05, 4.69) is 15.5 Å². The number of methoxy groups -OCH3 is 1. The highest BCUT2D eigenvalue weighted by Gasteiger charge is 2.17. The van der Waals surface area contributed by atoms with E-state index < -0.39 is 4.92 Å². The van der Waals surface area contributed by atoms with Crippen molar-refractivity contribution in [1.29, 1.82) is 0 Å². The van der Waals surface area contributed by atoms with Crippen molar-refractivity contribution in [2.45, 2.75) is 0 Å². The molecule has 0 saturated heterocycles. The SMILES string of the molecule is COc1cc2ccccc2cc1C(=O)Nc1nnc(-c2cccc([N+](=O)[O-])c2)s1. The van der Waals surface area contributed by atoms with E-state index in [-0.39, 0.29) is 16.7 Å². The van der Waals surface area contributed by atoms with Crippen LogP contribution in [0.4, 0.5) is 10.8 Å². The number of benzene rings is 3. The molecule has 0 saturated carbocycles. The number of fused-ring (bicyclic) bond motifs is 1. The van der Waals surface area contributed by atoms with E-state index in [0.29, 0.717) is 21.9 Å². The monoisotopic (exact) mass is 406 g/mol. The van der Waals surface area contributed by atoms with Crippen molar-refractivity contribution in [3.63, 3.8) is 0 Å². The van der Waals surface area contributed by atoms with Crippen LogP contribution in [0.5, 0.6) is 5.75 Å². The Morgan fingerprint density at radius 3 is 2.55 bits per heavy atom. The lowest BCUT2D eigenvalue weighted by Crippen LogP contribution is -2.13. The summed E-state index contributed by atoms with van der Waals surface area (Å²) in [7, 11) is 1.51. The number of ether oxygens (including phenoxy) is 1. The number of rotatable bonds is 5. The first-order valence-electron chi connectivity index (χ1n) is 8.51. The summed E-state index contributed by atoms with van der Waals surface area (Å²) in [6, 6.07) is 17.3. The number of nitrogens with one attached hydrogen (secondary N) is 1. The van der Waals surface area contributed by atoms with Crippen LogP contribution in [0.1, 0.15) is 10.4 Å². The molecule has 9 heteroatoms. The third kappa shape index (κ3) is 3.76. The van der Waals surface area contributed by atoms with Gasteiger partial charge in [-0.25, -0.2) is 0 Å². The molecule has 0 unspecified atom stereocenters. The number of hydrogen-bond donors (Lipinski definition) is 1. The Morgan fingerprint density at radius 1 is 1.07 bits per heavy atom. The van der Waals surface area contributed by atoms with Crippen LogP contribution in [0.15, 0.2) is 60.7 Å². The lowest BCUT2D eigenvalue weighted by atomic mass is 10.1. The average molecular weight is 406 g/mol. The standard InChI is InChI=1S/C20H14N4O4S/c1-28-17-11-13-6-3-2-5-12(13)10-16(17)18(25)21-20-23-22-19(29-20)14-7-4-8-15(9-14)24(26)27/h2-11H,1H3,(H,21,23,25). The molecule has 1 heterocycles. The number of amides is 1. The van der Waals surface area contributed by atoms with E-state index in [4.69, 9.17) is 4.74 Å². The molecule has 4 rings (SSSR count). The van der Waals surface area contributed by atoms with E-state index in [1.807, 2.05) is 24.3 Å². The van der Waals surface area contributed by atoms with Gasteiger partial charge in [-0.15, -0.1) is 10.2 Å². The summed E-state index contributed by atoms with van der Waals surface area (Å²) < 4.78 is 5.37. The van der Waals surface area contributed by atoms with Crippen molar-refractivity contribution in [2.75, 3.05) is 12.4 Å². The smallest absolute Gasteiger partial charge is 0.270 e. The molecule has 29 heavy (non-hydrogen) atoms. The molecule has 0 aliphatic rings. The molecule has 1 N–H and O–H groups in total. The molecule has 0 bridgehead atoms. The van der Waals surface area contributed by atoms with Gasteiger partial charge in [0.2, 0.25) is 5.13 Å². The fraction of sp³-hybridized carbons (Fsp3) is 0.0500. The normalized spacial score (nSPS) is 10.7. The highest BCUT2D eigenvalue weighted by atomic mass is 32.1. The number of non-ortho nitro benzene ring substituents is 1. The topological polar surface area (TPSA) is 107 Å². The number of carbonyl (C=O) groups excluding carboxylic acids is 1. The Hall–Kier alpha value is -3.85. The summed E-state index contributed by atoms with van der Waals surface area (Å²) in [5.41, 5.74) is 0.892. The fourth-order valence-electron chi connectivity index (χ4n) is 2.87. The molecule has 3 aromatic carbocycles. The second-order valence-corrected chi connectivity index (χ2v) is 7.05. The van der Waals surface area contributed by atoms with Gasteiger partial charge >= 0.3 is 0 Å². The van der Waals surface area contributed by atoms with Crippen LogP contribution in [-0.4, -0.2) is 28.1 Å². The Bertz CT molecular complexity index is 1240. The van der Waals surface area contributed by atoms with Gasteiger partial charge in [0.25, 0.3) is 11.6 Å². The molecule has 0 aliphatic carbocycles. The summed E-state index contributed by atoms with van der Waals surface area (Å²) in [4.78, 5) is 23.3. The zero-order chi connectivity index (χ0) is 20.4. The molecule has 0 fully saturated rings. The van der Waals surface area contributed by atoms with Crippen LogP contribution >= 0.6 is 11.3 Å². The van der Waals surface area contributed by atoms with Gasteiger partial charge in [-0.2, -0.15) is 0 Å². The number of nitro benzene ring substituents is 1. The Balaban J connectivity index is 1.61. The van der Waals surface area contributed by atoms with E-state index >= 15 is 0 Å². The quantitative estimate of drug-likeness (QED) is 0.385. The molecule has 0 atom stereocenters. The predicted molar refractivity (Wildman–Crippen MR) is 110 cm³/mol. The average Bonchev–Trinajstić information content (AvgIpc) is 3.21. The lowest BCUT2D eigenvalue weighted by Gasteiger charge is -2.09. The lowest BCUT2D eigenvalue weighted by molar-refractivity contribution is -0.384. The molecule has 1 aromatic heterocycles. The van der Waals surface area contributed by atoms with Gasteiger partial charge in [-0.3, -0.25) is 20.2 Å². The molecule has 0 radical (unpaired) electrons. The second kappa shape index (κ2) is 7.64. The van der Waals surface area contributed by atoms with Crippen LogP contribution in [-0.2, 0) is 0 Å². The maximum Gasteiger partial charge on any atom is 0.270 e. The Labute approximate surface area is 168 Å². The van der Waals surface area contributed by atoms with Gasteiger partial charge in [0.15, 0.2) is 0 Å². The highest BCUT2D eigenvalue weighted by Crippen LogP contribution is 2.30. The van der Waals surface area contributed by atoms with Gasteiger partial charge in [0, 0.05) is 17.7 Å². The summed E-state index contributed by atoms with van der Waals surface area (Å²) in [6.45, 7) is 0. The zero-order valence-corrected chi connectivity index (χ0v) is 16.0. The predicted octanol–water partition coefficient (Wildman–Crippen LogP) is 4.53. The Kier molecular flexibility index (Phi) is 4.88. The number of carbonyl (C=O) groups is 1. The minimum atomic E-state index is -0.473. The van der Waals surface area contributed by atoms with Crippen molar-refractivity contribution in [1.82, 2.24) is 10.2 Å². The number of anilines is 1. The first-order chi connectivity index (χ1) is 14.0. The minimum Gasteiger partial charge on any atom is -0.496 e. The van der Waals surface area contributed by atoms with Crippen molar-refractivity contribution >= 4 is 38.8 Å². The van der Waals surface area contributed by atoms with Gasteiger partial charge < -0.3 is 4.74 Å². The summed E-state index contributed by atoms with van der Waals surface area (Å²) >= 11 is 1.13. The van der Waals surface area contributed by atoms with Gasteiger partial charge in [0.05, 0.1) is 17.6 Å². The molecule has 0 aliphatic heterocycles. The molecule has 8 nitrogen and oxygen atoms in total. The van der Waals surface area contributed by atoms with Gasteiger partial charge in [-0.1, -0.05) is 47.7 Å². The van der Waals surface area contributed by atoms with E-state index in [1.54, 1.807) is 24.3 Å². The first-order valence-corrected chi connectivity index (χ1v) is 9.33. The maximum absolute atomic E-state index is 12.8. The van der Waals surface area contributed by atoms with Crippen molar-refractivity contribution in [3.8, 4) is 16.3 Å². The van der Waals surface area contributed by atoms with Crippen LogP contribution in [0, 0.1) is 10.1 Å².